The maximum Gasteiger partial charge on any atom is 0.200 e. The van der Waals surface area contributed by atoms with Gasteiger partial charge in [0.05, 0.1) is 6.42 Å². The van der Waals surface area contributed by atoms with Gasteiger partial charge in [0.2, 0.25) is 5.89 Å². The molecule has 0 saturated heterocycles. The van der Waals surface area contributed by atoms with Crippen molar-refractivity contribution in [3.05, 3.63) is 52.0 Å². The minimum absolute atomic E-state index is 0.525. The van der Waals surface area contributed by atoms with Crippen LogP contribution >= 0.6 is 11.3 Å². The molecule has 1 aromatic carbocycles. The van der Waals surface area contributed by atoms with Crippen molar-refractivity contribution in [2.75, 3.05) is 0 Å². The van der Waals surface area contributed by atoms with Gasteiger partial charge in [-0.15, -0.1) is 11.3 Å². The van der Waals surface area contributed by atoms with E-state index in [0.29, 0.717) is 6.54 Å². The molecule has 0 bridgehead atoms. The van der Waals surface area contributed by atoms with Crippen LogP contribution in [-0.2, 0) is 13.0 Å². The number of hydrogen-bond acceptors (Lipinski definition) is 4. The average molecular weight is 244 g/mol. The molecule has 2 heterocycles. The van der Waals surface area contributed by atoms with Crippen LogP contribution in [0, 0.1) is 0 Å². The Morgan fingerprint density at radius 1 is 1.29 bits per heavy atom. The third-order valence-electron chi connectivity index (χ3n) is 2.64. The van der Waals surface area contributed by atoms with E-state index in [-0.39, 0.29) is 0 Å². The number of aromatic nitrogens is 1. The summed E-state index contributed by atoms with van der Waals surface area (Å²) in [5.41, 5.74) is 8.38. The van der Waals surface area contributed by atoms with Crippen molar-refractivity contribution in [2.24, 2.45) is 5.73 Å². The molecule has 86 valence electrons. The molecule has 0 amide bonds. The number of oxazole rings is 1. The lowest BCUT2D eigenvalue weighted by atomic mass is 10.2. The topological polar surface area (TPSA) is 52.0 Å². The Bertz CT molecular complexity index is 628. The SMILES string of the molecule is NCc1ccc2nc(Cc3cccs3)oc2c1. The number of nitrogens with two attached hydrogens (primary N) is 1. The first-order valence-corrected chi connectivity index (χ1v) is 6.34. The molecule has 0 unspecified atom stereocenters. The first kappa shape index (κ1) is 10.5. The van der Waals surface area contributed by atoms with E-state index >= 15 is 0 Å². The highest BCUT2D eigenvalue weighted by Crippen LogP contribution is 2.20. The van der Waals surface area contributed by atoms with E-state index in [0.717, 1.165) is 29.0 Å². The predicted molar refractivity (Wildman–Crippen MR) is 69.0 cm³/mol. The normalized spacial score (nSPS) is 11.1. The number of fused-ring (bicyclic) bond motifs is 1. The van der Waals surface area contributed by atoms with Gasteiger partial charge in [-0.1, -0.05) is 12.1 Å². The van der Waals surface area contributed by atoms with Crippen molar-refractivity contribution in [1.29, 1.82) is 0 Å². The van der Waals surface area contributed by atoms with Crippen molar-refractivity contribution < 1.29 is 4.42 Å². The Hall–Kier alpha value is -1.65. The number of benzene rings is 1. The van der Waals surface area contributed by atoms with Gasteiger partial charge in [0, 0.05) is 11.4 Å². The van der Waals surface area contributed by atoms with E-state index in [1.54, 1.807) is 11.3 Å². The van der Waals surface area contributed by atoms with Crippen LogP contribution in [0.2, 0.25) is 0 Å². The zero-order valence-corrected chi connectivity index (χ0v) is 10.0. The van der Waals surface area contributed by atoms with Gasteiger partial charge >= 0.3 is 0 Å². The quantitative estimate of drug-likeness (QED) is 0.770. The molecule has 3 nitrogen and oxygen atoms in total. The summed E-state index contributed by atoms with van der Waals surface area (Å²) < 4.78 is 5.72. The van der Waals surface area contributed by atoms with Crippen LogP contribution in [-0.4, -0.2) is 4.98 Å². The molecule has 0 fully saturated rings. The van der Waals surface area contributed by atoms with Gasteiger partial charge in [0.1, 0.15) is 5.52 Å². The van der Waals surface area contributed by atoms with Crippen molar-refractivity contribution in [3.63, 3.8) is 0 Å². The number of rotatable bonds is 3. The molecule has 3 rings (SSSR count). The lowest BCUT2D eigenvalue weighted by Crippen LogP contribution is -1.94. The molecule has 0 aliphatic heterocycles. The van der Waals surface area contributed by atoms with Crippen molar-refractivity contribution in [2.45, 2.75) is 13.0 Å². The van der Waals surface area contributed by atoms with Crippen LogP contribution in [0.5, 0.6) is 0 Å². The van der Waals surface area contributed by atoms with Crippen LogP contribution in [0.1, 0.15) is 16.3 Å². The van der Waals surface area contributed by atoms with E-state index in [1.807, 2.05) is 24.3 Å². The molecule has 2 N–H and O–H groups in total. The maximum absolute atomic E-state index is 5.72. The van der Waals surface area contributed by atoms with Crippen LogP contribution in [0.4, 0.5) is 0 Å². The first-order valence-electron chi connectivity index (χ1n) is 5.46. The van der Waals surface area contributed by atoms with Gasteiger partial charge in [0.15, 0.2) is 5.58 Å². The van der Waals surface area contributed by atoms with Crippen LogP contribution < -0.4 is 5.73 Å². The fourth-order valence-electron chi connectivity index (χ4n) is 1.78. The predicted octanol–water partition coefficient (Wildman–Crippen LogP) is 2.94. The van der Waals surface area contributed by atoms with Crippen LogP contribution in [0.25, 0.3) is 11.1 Å². The molecule has 0 atom stereocenters. The standard InChI is InChI=1S/C13H12N2OS/c14-8-9-3-4-11-12(6-9)16-13(15-11)7-10-2-1-5-17-10/h1-6H,7-8,14H2. The minimum Gasteiger partial charge on any atom is -0.440 e. The van der Waals surface area contributed by atoms with E-state index in [4.69, 9.17) is 10.2 Å². The van der Waals surface area contributed by atoms with E-state index in [2.05, 4.69) is 16.4 Å². The fourth-order valence-corrected chi connectivity index (χ4v) is 2.48. The van der Waals surface area contributed by atoms with Crippen molar-refractivity contribution >= 4 is 22.4 Å². The second-order valence-electron chi connectivity index (χ2n) is 3.87. The molecule has 0 aliphatic rings. The van der Waals surface area contributed by atoms with Gasteiger partial charge in [-0.3, -0.25) is 0 Å². The molecule has 17 heavy (non-hydrogen) atoms. The maximum atomic E-state index is 5.72. The first-order chi connectivity index (χ1) is 8.35. The molecule has 2 aromatic heterocycles. The number of hydrogen-bond donors (Lipinski definition) is 1. The third kappa shape index (κ3) is 2.09. The molecule has 0 saturated carbocycles. The number of nitrogens with zero attached hydrogens (tertiary/aromatic N) is 1. The highest BCUT2D eigenvalue weighted by atomic mass is 32.1. The van der Waals surface area contributed by atoms with E-state index in [1.165, 1.54) is 4.88 Å². The van der Waals surface area contributed by atoms with Gasteiger partial charge in [0.25, 0.3) is 0 Å². The zero-order valence-electron chi connectivity index (χ0n) is 9.22. The summed E-state index contributed by atoms with van der Waals surface area (Å²) in [6.07, 6.45) is 0.754. The monoisotopic (exact) mass is 244 g/mol. The smallest absolute Gasteiger partial charge is 0.200 e. The highest BCUT2D eigenvalue weighted by molar-refractivity contribution is 7.09. The zero-order chi connectivity index (χ0) is 11.7. The molecule has 3 aromatic rings. The third-order valence-corrected chi connectivity index (χ3v) is 3.51. The summed E-state index contributed by atoms with van der Waals surface area (Å²) in [6, 6.07) is 10.0. The van der Waals surface area contributed by atoms with E-state index < -0.39 is 0 Å². The van der Waals surface area contributed by atoms with Crippen LogP contribution in [0.3, 0.4) is 0 Å². The lowest BCUT2D eigenvalue weighted by Gasteiger charge is -1.93. The summed E-state index contributed by atoms with van der Waals surface area (Å²) in [7, 11) is 0. The fraction of sp³-hybridized carbons (Fsp3) is 0.154. The van der Waals surface area contributed by atoms with Gasteiger partial charge < -0.3 is 10.2 Å². The summed E-state index contributed by atoms with van der Waals surface area (Å²) in [5, 5.41) is 2.06. The Kier molecular flexibility index (Phi) is 2.66. The Labute approximate surface area is 103 Å². The second-order valence-corrected chi connectivity index (χ2v) is 4.90. The molecular formula is C13H12N2OS. The second kappa shape index (κ2) is 4.31. The van der Waals surface area contributed by atoms with E-state index in [9.17, 15) is 0 Å². The average Bonchev–Trinajstić information content (AvgIpc) is 2.96. The Morgan fingerprint density at radius 3 is 3.00 bits per heavy atom. The largest absolute Gasteiger partial charge is 0.440 e. The molecule has 0 radical (unpaired) electrons. The molecule has 0 aliphatic carbocycles. The van der Waals surface area contributed by atoms with Gasteiger partial charge in [-0.2, -0.15) is 0 Å². The van der Waals surface area contributed by atoms with Gasteiger partial charge in [-0.25, -0.2) is 4.98 Å². The molecule has 4 heteroatoms. The van der Waals surface area contributed by atoms with Crippen molar-refractivity contribution in [3.8, 4) is 0 Å². The van der Waals surface area contributed by atoms with Crippen molar-refractivity contribution in [1.82, 2.24) is 4.98 Å². The summed E-state index contributed by atoms with van der Waals surface area (Å²) >= 11 is 1.72. The highest BCUT2D eigenvalue weighted by Gasteiger charge is 2.07. The summed E-state index contributed by atoms with van der Waals surface area (Å²) in [5.74, 6) is 0.761. The lowest BCUT2D eigenvalue weighted by molar-refractivity contribution is 0.545. The Morgan fingerprint density at radius 2 is 2.24 bits per heavy atom. The van der Waals surface area contributed by atoms with Crippen LogP contribution in [0.15, 0.2) is 40.1 Å². The van der Waals surface area contributed by atoms with Gasteiger partial charge in [-0.05, 0) is 29.1 Å². The summed E-state index contributed by atoms with van der Waals surface area (Å²) in [4.78, 5) is 5.72. The minimum atomic E-state index is 0.525. The molecule has 0 spiro atoms. The molecular weight excluding hydrogens is 232 g/mol. The number of thiophene rings is 1. The Balaban J connectivity index is 1.96. The summed E-state index contributed by atoms with van der Waals surface area (Å²) in [6.45, 7) is 0.525.